The SMILES string of the molecule is COc1cc(C2OCC3C(C)C=C(C)C2C3C)ccc1O. The monoisotopic (exact) mass is 288 g/mol. The van der Waals surface area contributed by atoms with Crippen LogP contribution in [0.2, 0.25) is 0 Å². The molecule has 5 atom stereocenters. The minimum Gasteiger partial charge on any atom is -0.504 e. The van der Waals surface area contributed by atoms with Crippen molar-refractivity contribution in [1.82, 2.24) is 0 Å². The summed E-state index contributed by atoms with van der Waals surface area (Å²) in [4.78, 5) is 0. The zero-order valence-corrected chi connectivity index (χ0v) is 13.2. The molecule has 0 amide bonds. The number of allylic oxidation sites excluding steroid dienone is 1. The van der Waals surface area contributed by atoms with E-state index in [-0.39, 0.29) is 11.9 Å². The van der Waals surface area contributed by atoms with Crippen LogP contribution in [0.25, 0.3) is 0 Å². The molecule has 2 aliphatic rings. The molecule has 3 heteroatoms. The van der Waals surface area contributed by atoms with Crippen molar-refractivity contribution in [2.24, 2.45) is 23.7 Å². The summed E-state index contributed by atoms with van der Waals surface area (Å²) in [5.74, 6) is 2.91. The van der Waals surface area contributed by atoms with Crippen molar-refractivity contribution in [2.75, 3.05) is 13.7 Å². The van der Waals surface area contributed by atoms with Gasteiger partial charge in [-0.25, -0.2) is 0 Å². The van der Waals surface area contributed by atoms with Gasteiger partial charge in [0.2, 0.25) is 0 Å². The molecule has 1 aromatic carbocycles. The van der Waals surface area contributed by atoms with E-state index >= 15 is 0 Å². The van der Waals surface area contributed by atoms with E-state index in [4.69, 9.17) is 9.47 Å². The van der Waals surface area contributed by atoms with E-state index in [9.17, 15) is 5.11 Å². The third kappa shape index (κ3) is 2.34. The van der Waals surface area contributed by atoms with Crippen LogP contribution in [-0.4, -0.2) is 18.8 Å². The van der Waals surface area contributed by atoms with Gasteiger partial charge in [0.15, 0.2) is 11.5 Å². The van der Waals surface area contributed by atoms with Crippen LogP contribution in [0, 0.1) is 23.7 Å². The molecule has 1 aliphatic carbocycles. The van der Waals surface area contributed by atoms with E-state index in [2.05, 4.69) is 26.8 Å². The number of benzene rings is 1. The number of phenols is 1. The molecule has 0 aromatic heterocycles. The van der Waals surface area contributed by atoms with E-state index in [0.717, 1.165) is 12.2 Å². The molecule has 1 fully saturated rings. The average Bonchev–Trinajstić information content (AvgIpc) is 2.45. The van der Waals surface area contributed by atoms with Crippen LogP contribution in [0.5, 0.6) is 11.5 Å². The highest BCUT2D eigenvalue weighted by atomic mass is 16.5. The number of hydrogen-bond acceptors (Lipinski definition) is 3. The Balaban J connectivity index is 1.98. The molecule has 21 heavy (non-hydrogen) atoms. The maximum atomic E-state index is 9.77. The number of aromatic hydroxyl groups is 1. The Morgan fingerprint density at radius 2 is 2.05 bits per heavy atom. The van der Waals surface area contributed by atoms with Crippen LogP contribution < -0.4 is 4.74 Å². The van der Waals surface area contributed by atoms with Crippen molar-refractivity contribution >= 4 is 0 Å². The van der Waals surface area contributed by atoms with Gasteiger partial charge in [0.05, 0.1) is 19.8 Å². The minimum atomic E-state index is 0.0505. The van der Waals surface area contributed by atoms with Gasteiger partial charge in [-0.3, -0.25) is 0 Å². The predicted molar refractivity (Wildman–Crippen MR) is 82.4 cm³/mol. The Labute approximate surface area is 126 Å². The highest BCUT2D eigenvalue weighted by Gasteiger charge is 2.43. The number of phenolic OH excluding ortho intramolecular Hbond substituents is 1. The van der Waals surface area contributed by atoms with Gasteiger partial charge in [0, 0.05) is 5.92 Å². The first-order valence-electron chi connectivity index (χ1n) is 7.69. The molecule has 2 bridgehead atoms. The quantitative estimate of drug-likeness (QED) is 0.838. The Morgan fingerprint density at radius 3 is 2.76 bits per heavy atom. The Bertz CT molecular complexity index is 564. The van der Waals surface area contributed by atoms with Gasteiger partial charge in [0.25, 0.3) is 0 Å². The zero-order chi connectivity index (χ0) is 15.1. The molecule has 0 spiro atoms. The number of rotatable bonds is 2. The molecule has 1 saturated heterocycles. The van der Waals surface area contributed by atoms with Crippen molar-refractivity contribution in [3.05, 3.63) is 35.4 Å². The van der Waals surface area contributed by atoms with Gasteiger partial charge in [-0.1, -0.05) is 31.6 Å². The number of ether oxygens (including phenoxy) is 2. The molecule has 3 nitrogen and oxygen atoms in total. The summed E-state index contributed by atoms with van der Waals surface area (Å²) in [7, 11) is 1.58. The Hall–Kier alpha value is -1.48. The fraction of sp³-hybridized carbons (Fsp3) is 0.556. The van der Waals surface area contributed by atoms with Gasteiger partial charge in [-0.15, -0.1) is 0 Å². The third-order valence-electron chi connectivity index (χ3n) is 5.30. The van der Waals surface area contributed by atoms with Gasteiger partial charge in [0.1, 0.15) is 0 Å². The fourth-order valence-corrected chi connectivity index (χ4v) is 4.12. The molecule has 114 valence electrons. The second kappa shape index (κ2) is 5.38. The molecule has 3 rings (SSSR count). The second-order valence-corrected chi connectivity index (χ2v) is 6.50. The molecule has 1 N–H and O–H groups in total. The fourth-order valence-electron chi connectivity index (χ4n) is 4.12. The van der Waals surface area contributed by atoms with Crippen LogP contribution in [-0.2, 0) is 4.74 Å². The van der Waals surface area contributed by atoms with Crippen molar-refractivity contribution < 1.29 is 14.6 Å². The summed E-state index contributed by atoms with van der Waals surface area (Å²) >= 11 is 0. The maximum absolute atomic E-state index is 9.77. The predicted octanol–water partition coefficient (Wildman–Crippen LogP) is 3.94. The lowest BCUT2D eigenvalue weighted by molar-refractivity contribution is -0.0935. The van der Waals surface area contributed by atoms with Crippen LogP contribution in [0.1, 0.15) is 32.4 Å². The zero-order valence-electron chi connectivity index (χ0n) is 13.2. The first-order valence-corrected chi connectivity index (χ1v) is 7.69. The molecular formula is C18H24O3. The first kappa shape index (κ1) is 14.5. The van der Waals surface area contributed by atoms with Crippen LogP contribution in [0.4, 0.5) is 0 Å². The van der Waals surface area contributed by atoms with Crippen molar-refractivity contribution in [2.45, 2.75) is 26.9 Å². The van der Waals surface area contributed by atoms with Crippen LogP contribution in [0.3, 0.4) is 0 Å². The smallest absolute Gasteiger partial charge is 0.160 e. The third-order valence-corrected chi connectivity index (χ3v) is 5.30. The van der Waals surface area contributed by atoms with E-state index in [0.29, 0.717) is 29.4 Å². The largest absolute Gasteiger partial charge is 0.504 e. The van der Waals surface area contributed by atoms with E-state index in [1.807, 2.05) is 12.1 Å². The van der Waals surface area contributed by atoms with E-state index in [1.54, 1.807) is 13.2 Å². The molecule has 5 unspecified atom stereocenters. The number of methoxy groups -OCH3 is 1. The molecule has 1 heterocycles. The summed E-state index contributed by atoms with van der Waals surface area (Å²) in [6.45, 7) is 7.65. The summed E-state index contributed by atoms with van der Waals surface area (Å²) in [6.07, 6.45) is 2.46. The topological polar surface area (TPSA) is 38.7 Å². The van der Waals surface area contributed by atoms with Gasteiger partial charge >= 0.3 is 0 Å². The average molecular weight is 288 g/mol. The highest BCUT2D eigenvalue weighted by molar-refractivity contribution is 5.43. The van der Waals surface area contributed by atoms with Crippen molar-refractivity contribution in [1.29, 1.82) is 0 Å². The molecule has 1 aromatic rings. The minimum absolute atomic E-state index is 0.0505. The van der Waals surface area contributed by atoms with Crippen molar-refractivity contribution in [3.8, 4) is 11.5 Å². The number of hydrogen-bond donors (Lipinski definition) is 1. The van der Waals surface area contributed by atoms with E-state index < -0.39 is 0 Å². The second-order valence-electron chi connectivity index (χ2n) is 6.50. The van der Waals surface area contributed by atoms with Gasteiger partial charge in [-0.05, 0) is 42.4 Å². The van der Waals surface area contributed by atoms with Crippen molar-refractivity contribution in [3.63, 3.8) is 0 Å². The molecule has 0 saturated carbocycles. The lowest BCUT2D eigenvalue weighted by Crippen LogP contribution is -2.42. The summed E-state index contributed by atoms with van der Waals surface area (Å²) in [6, 6.07) is 5.54. The first-order chi connectivity index (χ1) is 10.0. The Kier molecular flexibility index (Phi) is 3.70. The Morgan fingerprint density at radius 1 is 1.29 bits per heavy atom. The lowest BCUT2D eigenvalue weighted by atomic mass is 9.64. The van der Waals surface area contributed by atoms with Gasteiger partial charge in [-0.2, -0.15) is 0 Å². The summed E-state index contributed by atoms with van der Waals surface area (Å²) in [5, 5.41) is 9.77. The molecule has 0 radical (unpaired) electrons. The normalized spacial score (nSPS) is 35.2. The highest BCUT2D eigenvalue weighted by Crippen LogP contribution is 2.50. The summed E-state index contributed by atoms with van der Waals surface area (Å²) in [5.41, 5.74) is 2.50. The van der Waals surface area contributed by atoms with Crippen LogP contribution >= 0.6 is 0 Å². The maximum Gasteiger partial charge on any atom is 0.160 e. The van der Waals surface area contributed by atoms with Gasteiger partial charge < -0.3 is 14.6 Å². The number of fused-ring (bicyclic) bond motifs is 2. The lowest BCUT2D eigenvalue weighted by Gasteiger charge is -2.47. The van der Waals surface area contributed by atoms with Crippen LogP contribution in [0.15, 0.2) is 29.8 Å². The molecule has 1 aliphatic heterocycles. The summed E-state index contributed by atoms with van der Waals surface area (Å²) < 4.78 is 11.4. The van der Waals surface area contributed by atoms with E-state index in [1.165, 1.54) is 5.57 Å². The standard InChI is InChI=1S/C18H24O3/c1-10-7-11(2)17-12(3)14(10)9-21-18(17)13-5-6-15(19)16(8-13)20-4/h5-8,10,12,14,17-19H,9H2,1-4H3. The molecular weight excluding hydrogens is 264 g/mol.